The van der Waals surface area contributed by atoms with Gasteiger partial charge in [-0.25, -0.2) is 16.8 Å². The van der Waals surface area contributed by atoms with Crippen LogP contribution < -0.4 is 65.6 Å². The number of anilines is 1. The van der Waals surface area contributed by atoms with Crippen LogP contribution in [0.15, 0.2) is 84.3 Å². The van der Waals surface area contributed by atoms with Crippen LogP contribution in [0.4, 0.5) is 5.69 Å². The Morgan fingerprint density at radius 2 is 1.74 bits per heavy atom. The zero-order chi connectivity index (χ0) is 29.4. The number of ether oxygens (including phenoxy) is 1. The van der Waals surface area contributed by atoms with Crippen molar-refractivity contribution in [2.45, 2.75) is 19.9 Å². The van der Waals surface area contributed by atoms with Gasteiger partial charge in [0.15, 0.2) is 12.3 Å². The zero-order valence-corrected chi connectivity index (χ0v) is 29.0. The standard InChI is InChI=1S/C28H25ClN2O7S3.K/c1-2-19(14-27-31(18-41(35,36)37)23-17-22(29)9-10-25(23)38-27)15-28-30(12-13-40(32,33)34)24-16-21(8-11-26(24)39-28)20-6-4-3-5-7-20;/h3-11,14-17H,2,12-13,18H2,1H3,(H-,32,33,34,35,36,37);/q;+1/p-1. The molecule has 2 heterocycles. The monoisotopic (exact) mass is 670 g/mol. The first-order valence-electron chi connectivity index (χ1n) is 12.5. The Labute approximate surface area is 296 Å². The van der Waals surface area contributed by atoms with Gasteiger partial charge in [-0.15, -0.1) is 0 Å². The van der Waals surface area contributed by atoms with Crippen LogP contribution >= 0.6 is 22.9 Å². The van der Waals surface area contributed by atoms with E-state index in [1.54, 1.807) is 22.8 Å². The van der Waals surface area contributed by atoms with Crippen molar-refractivity contribution in [2.24, 2.45) is 0 Å². The minimum atomic E-state index is -4.67. The molecule has 14 heteroatoms. The predicted molar refractivity (Wildman–Crippen MR) is 157 cm³/mol. The van der Waals surface area contributed by atoms with E-state index in [0.717, 1.165) is 21.3 Å². The van der Waals surface area contributed by atoms with Gasteiger partial charge in [0.1, 0.15) is 30.8 Å². The van der Waals surface area contributed by atoms with Gasteiger partial charge in [-0.2, -0.15) is 4.57 Å². The minimum absolute atomic E-state index is 0. The summed E-state index contributed by atoms with van der Waals surface area (Å²) in [6.45, 7) is 1.84. The maximum absolute atomic E-state index is 11.7. The molecule has 4 aromatic rings. The van der Waals surface area contributed by atoms with Crippen LogP contribution in [-0.4, -0.2) is 37.6 Å². The molecule has 0 radical (unpaired) electrons. The Morgan fingerprint density at radius 3 is 2.40 bits per heavy atom. The Morgan fingerprint density at radius 1 is 1.00 bits per heavy atom. The maximum atomic E-state index is 11.7. The van der Waals surface area contributed by atoms with Crippen LogP contribution in [0.5, 0.6) is 5.75 Å². The number of aromatic nitrogens is 1. The van der Waals surface area contributed by atoms with Crippen molar-refractivity contribution in [3.8, 4) is 16.9 Å². The van der Waals surface area contributed by atoms with Gasteiger partial charge in [0, 0.05) is 23.2 Å². The average molecular weight is 671 g/mol. The summed E-state index contributed by atoms with van der Waals surface area (Å²) >= 11 is 7.53. The summed E-state index contributed by atoms with van der Waals surface area (Å²) in [7, 11) is -9.15. The van der Waals surface area contributed by atoms with E-state index in [9.17, 15) is 25.9 Å². The molecule has 0 saturated heterocycles. The normalized spacial score (nSPS) is 14.6. The van der Waals surface area contributed by atoms with Gasteiger partial charge < -0.3 is 13.8 Å². The van der Waals surface area contributed by atoms with E-state index in [1.807, 2.05) is 61.5 Å². The van der Waals surface area contributed by atoms with Gasteiger partial charge in [0.05, 0.1) is 11.4 Å². The molecule has 0 spiro atoms. The van der Waals surface area contributed by atoms with Crippen molar-refractivity contribution in [1.29, 1.82) is 0 Å². The molecule has 0 unspecified atom stereocenters. The Hall–Kier alpha value is -1.62. The second-order valence-corrected chi connectivity index (χ2v) is 13.7. The van der Waals surface area contributed by atoms with Crippen LogP contribution in [-0.2, 0) is 26.8 Å². The van der Waals surface area contributed by atoms with Gasteiger partial charge in [-0.05, 0) is 47.4 Å². The molecule has 0 N–H and O–H groups in total. The number of fused-ring (bicyclic) bond motifs is 2. The van der Waals surface area contributed by atoms with E-state index in [-0.39, 0.29) is 63.8 Å². The van der Waals surface area contributed by atoms with Crippen molar-refractivity contribution in [3.63, 3.8) is 0 Å². The number of halogens is 1. The number of hydrogen-bond acceptors (Lipinski definition) is 9. The molecule has 0 atom stereocenters. The second kappa shape index (κ2) is 13.6. The van der Waals surface area contributed by atoms with Crippen molar-refractivity contribution >= 4 is 65.2 Å². The third-order valence-corrected chi connectivity index (χ3v) is 9.01. The average Bonchev–Trinajstić information content (AvgIpc) is 3.42. The number of thiazole rings is 1. The number of benzene rings is 3. The van der Waals surface area contributed by atoms with E-state index in [1.165, 1.54) is 22.3 Å². The van der Waals surface area contributed by atoms with E-state index in [2.05, 4.69) is 0 Å². The summed E-state index contributed by atoms with van der Waals surface area (Å²) in [5, 5.41) is 1.03. The van der Waals surface area contributed by atoms with Crippen LogP contribution in [0.3, 0.4) is 0 Å². The number of nitrogens with zero attached hydrogens (tertiary/aromatic N) is 2. The summed E-state index contributed by atoms with van der Waals surface area (Å²) in [5.74, 6) is -0.950. The Balaban J connectivity index is 0.00000405. The molecular weight excluding hydrogens is 647 g/mol. The number of aryl methyl sites for hydroxylation is 1. The van der Waals surface area contributed by atoms with E-state index in [4.69, 9.17) is 16.3 Å². The van der Waals surface area contributed by atoms with Gasteiger partial charge in [0.25, 0.3) is 5.01 Å². The fourth-order valence-electron chi connectivity index (χ4n) is 4.49. The molecule has 3 aromatic carbocycles. The first kappa shape index (κ1) is 33.3. The quantitative estimate of drug-likeness (QED) is 0.150. The first-order chi connectivity index (χ1) is 19.4. The van der Waals surface area contributed by atoms with Crippen LogP contribution in [0.1, 0.15) is 18.4 Å². The van der Waals surface area contributed by atoms with Gasteiger partial charge >= 0.3 is 51.4 Å². The summed E-state index contributed by atoms with van der Waals surface area (Å²) in [6.07, 6.45) is 3.96. The molecule has 0 bridgehead atoms. The number of allylic oxidation sites excluding steroid dienone is 2. The van der Waals surface area contributed by atoms with Gasteiger partial charge in [0.2, 0.25) is 11.4 Å². The second-order valence-electron chi connectivity index (χ2n) is 9.29. The third-order valence-electron chi connectivity index (χ3n) is 6.41. The molecular formula is C28H24ClKN2O7S3. The molecule has 214 valence electrons. The Bertz CT molecular complexity index is 1910. The van der Waals surface area contributed by atoms with E-state index >= 15 is 0 Å². The molecule has 0 amide bonds. The van der Waals surface area contributed by atoms with Crippen LogP contribution in [0, 0.1) is 0 Å². The fourth-order valence-corrected chi connectivity index (χ4v) is 6.79. The Kier molecular flexibility index (Phi) is 10.7. The molecule has 0 saturated carbocycles. The maximum Gasteiger partial charge on any atom is 1.00 e. The smallest absolute Gasteiger partial charge is 0.748 e. The van der Waals surface area contributed by atoms with Crippen molar-refractivity contribution in [1.82, 2.24) is 0 Å². The number of rotatable bonds is 9. The molecule has 1 aromatic heterocycles. The third kappa shape index (κ3) is 8.10. The summed E-state index contributed by atoms with van der Waals surface area (Å²) in [6, 6.07) is 20.3. The largest absolute Gasteiger partial charge is 1.00 e. The van der Waals surface area contributed by atoms with E-state index in [0.29, 0.717) is 33.5 Å². The SMILES string of the molecule is CCC(/C=C1\Oc2ccc(Cl)cc2N1CS(=O)(=O)[O-])=C\c1sc2ccc(-c3ccccc3)cc2[n+]1CCS(=O)(=O)[O-].[K+]. The molecule has 0 aliphatic carbocycles. The topological polar surface area (TPSA) is 131 Å². The molecule has 5 rings (SSSR count). The minimum Gasteiger partial charge on any atom is -0.748 e. The summed E-state index contributed by atoms with van der Waals surface area (Å²) < 4.78 is 78.3. The predicted octanol–water partition coefficient (Wildman–Crippen LogP) is 2.09. The van der Waals surface area contributed by atoms with Gasteiger partial charge in [-0.1, -0.05) is 66.3 Å². The van der Waals surface area contributed by atoms with E-state index < -0.39 is 31.9 Å². The molecule has 1 aliphatic rings. The molecule has 0 fully saturated rings. The van der Waals surface area contributed by atoms with Crippen molar-refractivity contribution in [3.05, 3.63) is 94.3 Å². The summed E-state index contributed by atoms with van der Waals surface area (Å²) in [4.78, 5) is 1.25. The summed E-state index contributed by atoms with van der Waals surface area (Å²) in [5.41, 5.74) is 3.76. The zero-order valence-electron chi connectivity index (χ0n) is 22.7. The van der Waals surface area contributed by atoms with Crippen molar-refractivity contribution < 1.29 is 86.6 Å². The first-order valence-corrected chi connectivity index (χ1v) is 16.8. The molecule has 42 heavy (non-hydrogen) atoms. The van der Waals surface area contributed by atoms with Crippen LogP contribution in [0.25, 0.3) is 27.4 Å². The molecule has 9 nitrogen and oxygen atoms in total. The van der Waals surface area contributed by atoms with Crippen LogP contribution in [0.2, 0.25) is 5.02 Å². The fraction of sp³-hybridized carbons (Fsp3) is 0.179. The number of hydrogen-bond donors (Lipinski definition) is 0. The molecule has 1 aliphatic heterocycles. The van der Waals surface area contributed by atoms with Gasteiger partial charge in [-0.3, -0.25) is 4.90 Å². The van der Waals surface area contributed by atoms with Crippen molar-refractivity contribution in [2.75, 3.05) is 16.5 Å².